The topological polar surface area (TPSA) is 132 Å². The zero-order valence-corrected chi connectivity index (χ0v) is 15.6. The van der Waals surface area contributed by atoms with Crippen molar-refractivity contribution in [3.05, 3.63) is 53.1 Å². The van der Waals surface area contributed by atoms with Gasteiger partial charge in [-0.15, -0.1) is 0 Å². The molecule has 0 fully saturated rings. The summed E-state index contributed by atoms with van der Waals surface area (Å²) in [6, 6.07) is 7.00. The number of ether oxygens (including phenoxy) is 1. The van der Waals surface area contributed by atoms with Crippen LogP contribution in [0.4, 0.5) is 10.1 Å². The van der Waals surface area contributed by atoms with E-state index >= 15 is 0 Å². The summed E-state index contributed by atoms with van der Waals surface area (Å²) in [5.74, 6) is -1.38. The fourth-order valence-electron chi connectivity index (χ4n) is 2.35. The summed E-state index contributed by atoms with van der Waals surface area (Å²) in [7, 11) is -3.62. The number of pyridine rings is 1. The maximum atomic E-state index is 14.1. The summed E-state index contributed by atoms with van der Waals surface area (Å²) in [6.07, 6.45) is -0.275. The molecule has 2 aromatic rings. The molecule has 0 aliphatic carbocycles. The molecule has 1 atom stereocenters. The second-order valence-corrected chi connectivity index (χ2v) is 7.71. The van der Waals surface area contributed by atoms with Crippen LogP contribution in [0.2, 0.25) is 0 Å². The fourth-order valence-corrected chi connectivity index (χ4v) is 2.92. The van der Waals surface area contributed by atoms with E-state index in [1.807, 2.05) is 0 Å². The van der Waals surface area contributed by atoms with Crippen molar-refractivity contribution < 1.29 is 27.4 Å². The number of hydrogen-bond donors (Lipinski definition) is 3. The number of benzene rings is 1. The number of rotatable bonds is 8. The predicted octanol–water partition coefficient (Wildman–Crippen LogP) is 0.868. The minimum absolute atomic E-state index is 0.0514. The van der Waals surface area contributed by atoms with Crippen molar-refractivity contribution in [3.63, 3.8) is 0 Å². The minimum Gasteiger partial charge on any atom is -0.478 e. The van der Waals surface area contributed by atoms with Crippen molar-refractivity contribution in [1.82, 2.24) is 4.98 Å². The lowest BCUT2D eigenvalue weighted by molar-refractivity contribution is -0.124. The first kappa shape index (κ1) is 20.6. The molecular weight excluding hydrogens is 377 g/mol. The number of aliphatic hydroxyl groups excluding tert-OH is 1. The number of carbonyl (C=O) groups is 1. The number of nitrogens with one attached hydrogen (secondary N) is 1. The van der Waals surface area contributed by atoms with Gasteiger partial charge in [-0.2, -0.15) is 0 Å². The molecule has 8 nitrogen and oxygen atoms in total. The van der Waals surface area contributed by atoms with Gasteiger partial charge in [0.2, 0.25) is 10.0 Å². The lowest BCUT2D eigenvalue weighted by Gasteiger charge is -2.18. The van der Waals surface area contributed by atoms with Gasteiger partial charge in [0.1, 0.15) is 17.3 Å². The van der Waals surface area contributed by atoms with Gasteiger partial charge < -0.3 is 15.6 Å². The largest absolute Gasteiger partial charge is 0.478 e. The number of aromatic nitrogens is 1. The van der Waals surface area contributed by atoms with Gasteiger partial charge in [-0.3, -0.25) is 14.5 Å². The molecule has 0 bridgehead atoms. The first-order valence-corrected chi connectivity index (χ1v) is 9.77. The molecule has 1 aromatic heterocycles. The highest BCUT2D eigenvalue weighted by molar-refractivity contribution is 7.92. The van der Waals surface area contributed by atoms with Crippen LogP contribution in [0.5, 0.6) is 5.75 Å². The van der Waals surface area contributed by atoms with Crippen LogP contribution in [0, 0.1) is 12.7 Å². The van der Waals surface area contributed by atoms with Gasteiger partial charge in [-0.05, 0) is 36.8 Å². The molecule has 4 N–H and O–H groups in total. The molecule has 1 amide bonds. The quantitative estimate of drug-likeness (QED) is 0.606. The molecule has 0 aliphatic rings. The van der Waals surface area contributed by atoms with Gasteiger partial charge in [-0.25, -0.2) is 12.8 Å². The number of halogens is 1. The van der Waals surface area contributed by atoms with Crippen molar-refractivity contribution in [2.45, 2.75) is 26.1 Å². The van der Waals surface area contributed by atoms with E-state index in [-0.39, 0.29) is 30.2 Å². The van der Waals surface area contributed by atoms with E-state index in [1.54, 1.807) is 19.1 Å². The first-order chi connectivity index (χ1) is 12.6. The Morgan fingerprint density at radius 3 is 2.63 bits per heavy atom. The number of anilines is 1. The summed E-state index contributed by atoms with van der Waals surface area (Å²) in [4.78, 5) is 15.9. The zero-order chi connectivity index (χ0) is 20.2. The molecule has 1 unspecified atom stereocenters. The lowest BCUT2D eigenvalue weighted by Crippen LogP contribution is -2.36. The lowest BCUT2D eigenvalue weighted by atomic mass is 10.1. The Bertz CT molecular complexity index is 950. The molecule has 0 aliphatic heterocycles. The number of aliphatic hydroxyl groups is 1. The summed E-state index contributed by atoms with van der Waals surface area (Å²) in [6.45, 7) is 1.35. The van der Waals surface area contributed by atoms with Crippen LogP contribution in [-0.2, 0) is 27.8 Å². The minimum atomic E-state index is -3.62. The van der Waals surface area contributed by atoms with Gasteiger partial charge in [0.05, 0.1) is 18.6 Å². The molecular formula is C17H20FN3O5S. The molecule has 2 rings (SSSR count). The van der Waals surface area contributed by atoms with E-state index in [4.69, 9.17) is 10.5 Å². The van der Waals surface area contributed by atoms with Gasteiger partial charge in [-0.1, -0.05) is 6.07 Å². The van der Waals surface area contributed by atoms with Crippen LogP contribution >= 0.6 is 0 Å². The highest BCUT2D eigenvalue weighted by Crippen LogP contribution is 2.22. The number of amides is 1. The Hall–Kier alpha value is -2.72. The summed E-state index contributed by atoms with van der Waals surface area (Å²) in [5.41, 5.74) is 6.46. The third-order valence-electron chi connectivity index (χ3n) is 3.56. The van der Waals surface area contributed by atoms with E-state index in [0.717, 1.165) is 12.3 Å². The normalized spacial score (nSPS) is 12.4. The van der Waals surface area contributed by atoms with Gasteiger partial charge >= 0.3 is 0 Å². The maximum Gasteiger partial charge on any atom is 0.258 e. The van der Waals surface area contributed by atoms with Crippen molar-refractivity contribution in [2.24, 2.45) is 5.73 Å². The van der Waals surface area contributed by atoms with Crippen LogP contribution < -0.4 is 15.2 Å². The molecule has 0 radical (unpaired) electrons. The smallest absolute Gasteiger partial charge is 0.258 e. The van der Waals surface area contributed by atoms with Gasteiger partial charge in [0, 0.05) is 12.1 Å². The number of carbonyl (C=O) groups excluding carboxylic acids is 1. The standard InChI is InChI=1S/C17H20FN3O5S/c1-10-3-6-15(14(9-22)20-10)26-16(17(19)23)8-11-4-5-13(12(18)7-11)21-27(2,24)25/h3-7,16,21-22H,8-9H2,1-2H3,(H2,19,23). The third-order valence-corrected chi connectivity index (χ3v) is 4.15. The molecule has 1 aromatic carbocycles. The number of hydrogen-bond acceptors (Lipinski definition) is 6. The number of sulfonamides is 1. The molecule has 0 saturated heterocycles. The van der Waals surface area contributed by atoms with Crippen LogP contribution in [0.25, 0.3) is 0 Å². The Morgan fingerprint density at radius 2 is 2.07 bits per heavy atom. The second-order valence-electron chi connectivity index (χ2n) is 5.96. The third kappa shape index (κ3) is 5.90. The summed E-state index contributed by atoms with van der Waals surface area (Å²) >= 11 is 0. The Morgan fingerprint density at radius 1 is 1.37 bits per heavy atom. The SMILES string of the molecule is Cc1ccc(OC(Cc2ccc(NS(C)(=O)=O)c(F)c2)C(N)=O)c(CO)n1. The highest BCUT2D eigenvalue weighted by atomic mass is 32.2. The Labute approximate surface area is 156 Å². The molecule has 10 heteroatoms. The van der Waals surface area contributed by atoms with Crippen molar-refractivity contribution in [2.75, 3.05) is 11.0 Å². The predicted molar refractivity (Wildman–Crippen MR) is 97.1 cm³/mol. The van der Waals surface area contributed by atoms with Crippen LogP contribution in [0.3, 0.4) is 0 Å². The monoisotopic (exact) mass is 397 g/mol. The van der Waals surface area contributed by atoms with E-state index in [9.17, 15) is 22.7 Å². The van der Waals surface area contributed by atoms with E-state index in [0.29, 0.717) is 11.3 Å². The van der Waals surface area contributed by atoms with Gasteiger partial charge in [0.15, 0.2) is 6.10 Å². The van der Waals surface area contributed by atoms with Crippen LogP contribution in [-0.4, -0.2) is 36.8 Å². The Kier molecular flexibility index (Phi) is 6.34. The van der Waals surface area contributed by atoms with Crippen LogP contribution in [0.15, 0.2) is 30.3 Å². The first-order valence-electron chi connectivity index (χ1n) is 7.88. The van der Waals surface area contributed by atoms with E-state index in [1.165, 1.54) is 12.1 Å². The number of nitrogens with two attached hydrogens (primary N) is 1. The number of primary amides is 1. The van der Waals surface area contributed by atoms with E-state index in [2.05, 4.69) is 9.71 Å². The van der Waals surface area contributed by atoms with Crippen molar-refractivity contribution in [1.29, 1.82) is 0 Å². The number of aryl methyl sites for hydroxylation is 1. The van der Waals surface area contributed by atoms with E-state index < -0.39 is 27.9 Å². The van der Waals surface area contributed by atoms with Crippen LogP contribution in [0.1, 0.15) is 17.0 Å². The zero-order valence-electron chi connectivity index (χ0n) is 14.8. The summed E-state index contributed by atoms with van der Waals surface area (Å²) in [5, 5.41) is 9.38. The molecule has 146 valence electrons. The average molecular weight is 397 g/mol. The fraction of sp³-hybridized carbons (Fsp3) is 0.294. The molecule has 27 heavy (non-hydrogen) atoms. The maximum absolute atomic E-state index is 14.1. The molecule has 0 spiro atoms. The van der Waals surface area contributed by atoms with Gasteiger partial charge in [0.25, 0.3) is 5.91 Å². The summed E-state index contributed by atoms with van der Waals surface area (Å²) < 4.78 is 44.1. The Balaban J connectivity index is 2.22. The average Bonchev–Trinajstić information content (AvgIpc) is 2.56. The number of nitrogens with zero attached hydrogens (tertiary/aromatic N) is 1. The van der Waals surface area contributed by atoms with Crippen molar-refractivity contribution in [3.8, 4) is 5.75 Å². The highest BCUT2D eigenvalue weighted by Gasteiger charge is 2.21. The van der Waals surface area contributed by atoms with Crippen molar-refractivity contribution >= 4 is 21.6 Å². The molecule has 1 heterocycles. The molecule has 0 saturated carbocycles. The second kappa shape index (κ2) is 8.31.